The van der Waals surface area contributed by atoms with Gasteiger partial charge in [-0.05, 0) is 12.1 Å². The molecule has 0 spiro atoms. The first-order valence-corrected chi connectivity index (χ1v) is 7.09. The normalized spacial score (nSPS) is 38.4. The molecule has 0 saturated carbocycles. The SMILES string of the molecule is COc1ccc(C2OC[C@H]3O[C@@H](OC)[C@H](O)[C@@H](O)[C@@H]3O2)cc1. The van der Waals surface area contributed by atoms with Crippen LogP contribution in [0.5, 0.6) is 5.75 Å². The third kappa shape index (κ3) is 2.83. The van der Waals surface area contributed by atoms with Crippen molar-refractivity contribution >= 4 is 0 Å². The number of hydrogen-bond acceptors (Lipinski definition) is 7. The molecule has 6 atom stereocenters. The first-order chi connectivity index (χ1) is 10.6. The lowest BCUT2D eigenvalue weighted by Crippen LogP contribution is -2.62. The summed E-state index contributed by atoms with van der Waals surface area (Å²) in [7, 11) is 3.00. The predicted molar refractivity (Wildman–Crippen MR) is 74.2 cm³/mol. The third-order valence-corrected chi connectivity index (χ3v) is 3.95. The Morgan fingerprint density at radius 3 is 2.41 bits per heavy atom. The van der Waals surface area contributed by atoms with Gasteiger partial charge < -0.3 is 33.9 Å². The monoisotopic (exact) mass is 312 g/mol. The van der Waals surface area contributed by atoms with Crippen LogP contribution in [0.15, 0.2) is 24.3 Å². The second-order valence-electron chi connectivity index (χ2n) is 5.30. The molecule has 0 aromatic heterocycles. The molecule has 0 amide bonds. The van der Waals surface area contributed by atoms with Gasteiger partial charge in [-0.3, -0.25) is 0 Å². The van der Waals surface area contributed by atoms with Crippen molar-refractivity contribution < 1.29 is 33.9 Å². The minimum Gasteiger partial charge on any atom is -0.497 e. The van der Waals surface area contributed by atoms with Crippen LogP contribution in [-0.2, 0) is 18.9 Å². The molecule has 2 aliphatic heterocycles. The molecule has 1 unspecified atom stereocenters. The Hall–Kier alpha value is -1.22. The lowest BCUT2D eigenvalue weighted by Gasteiger charge is -2.45. The van der Waals surface area contributed by atoms with Gasteiger partial charge in [0.1, 0.15) is 30.2 Å². The summed E-state index contributed by atoms with van der Waals surface area (Å²) >= 11 is 0. The molecule has 2 fully saturated rings. The van der Waals surface area contributed by atoms with Crippen LogP contribution in [0.1, 0.15) is 11.9 Å². The van der Waals surface area contributed by atoms with E-state index in [1.165, 1.54) is 7.11 Å². The van der Waals surface area contributed by atoms with Gasteiger partial charge in [-0.2, -0.15) is 0 Å². The predicted octanol–water partition coefficient (Wildman–Crippen LogP) is 0.202. The van der Waals surface area contributed by atoms with E-state index in [0.29, 0.717) is 0 Å². The highest BCUT2D eigenvalue weighted by Gasteiger charge is 2.48. The van der Waals surface area contributed by atoms with E-state index in [1.54, 1.807) is 19.2 Å². The van der Waals surface area contributed by atoms with Crippen molar-refractivity contribution in [3.05, 3.63) is 29.8 Å². The van der Waals surface area contributed by atoms with Gasteiger partial charge in [0.2, 0.25) is 0 Å². The van der Waals surface area contributed by atoms with Crippen LogP contribution in [-0.4, -0.2) is 61.7 Å². The number of hydrogen-bond donors (Lipinski definition) is 2. The number of fused-ring (bicyclic) bond motifs is 1. The fraction of sp³-hybridized carbons (Fsp3) is 0.600. The van der Waals surface area contributed by atoms with E-state index < -0.39 is 37.0 Å². The molecule has 122 valence electrons. The molecule has 0 radical (unpaired) electrons. The van der Waals surface area contributed by atoms with Crippen LogP contribution >= 0.6 is 0 Å². The molecule has 2 N–H and O–H groups in total. The highest BCUT2D eigenvalue weighted by molar-refractivity contribution is 5.28. The van der Waals surface area contributed by atoms with Gasteiger partial charge in [0, 0.05) is 12.7 Å². The average Bonchev–Trinajstić information content (AvgIpc) is 2.58. The summed E-state index contributed by atoms with van der Waals surface area (Å²) in [5, 5.41) is 20.2. The molecule has 1 aromatic rings. The van der Waals surface area contributed by atoms with Crippen molar-refractivity contribution in [3.63, 3.8) is 0 Å². The molecule has 7 nitrogen and oxygen atoms in total. The van der Waals surface area contributed by atoms with Crippen molar-refractivity contribution in [1.29, 1.82) is 0 Å². The summed E-state index contributed by atoms with van der Waals surface area (Å²) in [6.07, 6.45) is -4.95. The summed E-state index contributed by atoms with van der Waals surface area (Å²) in [6.45, 7) is 0.241. The number of ether oxygens (including phenoxy) is 5. The highest BCUT2D eigenvalue weighted by atomic mass is 16.7. The molecule has 22 heavy (non-hydrogen) atoms. The molecule has 2 heterocycles. The number of aliphatic hydroxyl groups excluding tert-OH is 2. The average molecular weight is 312 g/mol. The van der Waals surface area contributed by atoms with Crippen LogP contribution in [0, 0.1) is 0 Å². The number of aliphatic hydroxyl groups is 2. The molecule has 7 heteroatoms. The third-order valence-electron chi connectivity index (χ3n) is 3.95. The van der Waals surface area contributed by atoms with E-state index in [1.807, 2.05) is 12.1 Å². The van der Waals surface area contributed by atoms with Crippen LogP contribution < -0.4 is 4.74 Å². The van der Waals surface area contributed by atoms with E-state index in [-0.39, 0.29) is 6.61 Å². The van der Waals surface area contributed by atoms with Gasteiger partial charge in [0.15, 0.2) is 12.6 Å². The van der Waals surface area contributed by atoms with Crippen LogP contribution in [0.25, 0.3) is 0 Å². The molecule has 1 aromatic carbocycles. The Morgan fingerprint density at radius 1 is 1.05 bits per heavy atom. The smallest absolute Gasteiger partial charge is 0.186 e. The van der Waals surface area contributed by atoms with Crippen molar-refractivity contribution in [2.24, 2.45) is 0 Å². The van der Waals surface area contributed by atoms with E-state index in [2.05, 4.69) is 0 Å². The zero-order valence-corrected chi connectivity index (χ0v) is 12.4. The summed E-state index contributed by atoms with van der Waals surface area (Å²) in [4.78, 5) is 0. The fourth-order valence-corrected chi connectivity index (χ4v) is 2.70. The minimum absolute atomic E-state index is 0.241. The second-order valence-corrected chi connectivity index (χ2v) is 5.30. The molecule has 2 aliphatic rings. The van der Waals surface area contributed by atoms with Gasteiger partial charge in [0.25, 0.3) is 0 Å². The van der Waals surface area contributed by atoms with Crippen molar-refractivity contribution in [2.75, 3.05) is 20.8 Å². The first-order valence-electron chi connectivity index (χ1n) is 7.09. The topological polar surface area (TPSA) is 86.6 Å². The van der Waals surface area contributed by atoms with Crippen LogP contribution in [0.4, 0.5) is 0 Å². The summed E-state index contributed by atoms with van der Waals surface area (Å²) in [5.41, 5.74) is 0.801. The van der Waals surface area contributed by atoms with Crippen LogP contribution in [0.3, 0.4) is 0 Å². The lowest BCUT2D eigenvalue weighted by molar-refractivity contribution is -0.358. The fourth-order valence-electron chi connectivity index (χ4n) is 2.70. The summed E-state index contributed by atoms with van der Waals surface area (Å²) in [5.74, 6) is 0.733. The number of rotatable bonds is 3. The van der Waals surface area contributed by atoms with Crippen molar-refractivity contribution in [1.82, 2.24) is 0 Å². The van der Waals surface area contributed by atoms with E-state index >= 15 is 0 Å². The van der Waals surface area contributed by atoms with Gasteiger partial charge in [-0.15, -0.1) is 0 Å². The van der Waals surface area contributed by atoms with E-state index in [0.717, 1.165) is 11.3 Å². The molecule has 3 rings (SSSR count). The van der Waals surface area contributed by atoms with Crippen LogP contribution in [0.2, 0.25) is 0 Å². The number of methoxy groups -OCH3 is 2. The van der Waals surface area contributed by atoms with E-state index in [4.69, 9.17) is 23.7 Å². The summed E-state index contributed by atoms with van der Waals surface area (Å²) < 4.78 is 27.1. The Kier molecular flexibility index (Phi) is 4.62. The Balaban J connectivity index is 1.72. The Bertz CT molecular complexity index is 489. The highest BCUT2D eigenvalue weighted by Crippen LogP contribution is 2.34. The lowest BCUT2D eigenvalue weighted by atomic mass is 9.98. The van der Waals surface area contributed by atoms with Gasteiger partial charge in [-0.25, -0.2) is 0 Å². The molecule has 0 aliphatic carbocycles. The maximum atomic E-state index is 10.2. The molecule has 0 bridgehead atoms. The summed E-state index contributed by atoms with van der Waals surface area (Å²) in [6, 6.07) is 7.26. The second kappa shape index (κ2) is 6.49. The molecular formula is C15H20O7. The quantitative estimate of drug-likeness (QED) is 0.824. The minimum atomic E-state index is -1.17. The zero-order valence-electron chi connectivity index (χ0n) is 12.4. The van der Waals surface area contributed by atoms with Crippen molar-refractivity contribution in [3.8, 4) is 5.75 Å². The first kappa shape index (κ1) is 15.7. The Labute approximate surface area is 128 Å². The van der Waals surface area contributed by atoms with Gasteiger partial charge >= 0.3 is 0 Å². The maximum Gasteiger partial charge on any atom is 0.186 e. The zero-order chi connectivity index (χ0) is 15.7. The van der Waals surface area contributed by atoms with Gasteiger partial charge in [-0.1, -0.05) is 12.1 Å². The maximum absolute atomic E-state index is 10.2. The standard InChI is InChI=1S/C15H20O7/c1-18-9-5-3-8(4-6-9)14-20-7-10-13(22-14)11(16)12(17)15(19-2)21-10/h3-6,10-17H,7H2,1-2H3/t10-,11-,12-,13-,14?,15-/m1/s1. The van der Waals surface area contributed by atoms with Gasteiger partial charge in [0.05, 0.1) is 13.7 Å². The Morgan fingerprint density at radius 2 is 1.77 bits per heavy atom. The molecule has 2 saturated heterocycles. The van der Waals surface area contributed by atoms with Crippen molar-refractivity contribution in [2.45, 2.75) is 37.0 Å². The largest absolute Gasteiger partial charge is 0.497 e. The molecular weight excluding hydrogens is 292 g/mol. The number of benzene rings is 1. The van der Waals surface area contributed by atoms with E-state index in [9.17, 15) is 10.2 Å².